The summed E-state index contributed by atoms with van der Waals surface area (Å²) in [5.74, 6) is -0.439. The van der Waals surface area contributed by atoms with E-state index >= 15 is 0 Å². The van der Waals surface area contributed by atoms with Crippen molar-refractivity contribution < 1.29 is 31.1 Å². The number of rotatable bonds is 3. The molecule has 1 fully saturated rings. The summed E-state index contributed by atoms with van der Waals surface area (Å²) in [6.07, 6.45) is -7.85. The number of aromatic amines is 1. The van der Waals surface area contributed by atoms with Crippen molar-refractivity contribution in [3.8, 4) is 11.4 Å². The summed E-state index contributed by atoms with van der Waals surface area (Å²) in [6.45, 7) is 0. The fourth-order valence-electron chi connectivity index (χ4n) is 3.17. The van der Waals surface area contributed by atoms with Gasteiger partial charge in [0.25, 0.3) is 5.91 Å². The number of alkyl halides is 6. The largest absolute Gasteiger partial charge is 0.419 e. The van der Waals surface area contributed by atoms with Gasteiger partial charge in [0.2, 0.25) is 0 Å². The van der Waals surface area contributed by atoms with E-state index in [0.717, 1.165) is 12.1 Å². The molecule has 1 aliphatic heterocycles. The van der Waals surface area contributed by atoms with Gasteiger partial charge in [-0.05, 0) is 23.8 Å². The van der Waals surface area contributed by atoms with Crippen LogP contribution in [0.2, 0.25) is 0 Å². The highest BCUT2D eigenvalue weighted by atomic mass is 32.2. The van der Waals surface area contributed by atoms with Gasteiger partial charge in [-0.15, -0.1) is 10.2 Å². The Morgan fingerprint density at radius 2 is 1.70 bits per heavy atom. The number of thioether (sulfide) groups is 1. The number of H-pyrrole nitrogens is 1. The first-order chi connectivity index (χ1) is 15.5. The van der Waals surface area contributed by atoms with E-state index in [-0.39, 0.29) is 9.23 Å². The van der Waals surface area contributed by atoms with Crippen molar-refractivity contribution in [3.63, 3.8) is 0 Å². The number of anilines is 1. The minimum absolute atomic E-state index is 0.0297. The van der Waals surface area contributed by atoms with E-state index in [1.165, 1.54) is 12.4 Å². The number of benzene rings is 2. The molecule has 1 saturated heterocycles. The minimum Gasteiger partial charge on any atom is -0.328 e. The van der Waals surface area contributed by atoms with Crippen LogP contribution >= 0.6 is 24.0 Å². The van der Waals surface area contributed by atoms with Crippen molar-refractivity contribution >= 4 is 46.0 Å². The van der Waals surface area contributed by atoms with Crippen LogP contribution in [0.15, 0.2) is 53.7 Å². The van der Waals surface area contributed by atoms with Crippen LogP contribution in [0.25, 0.3) is 17.5 Å². The van der Waals surface area contributed by atoms with E-state index in [1.807, 2.05) is 0 Å². The summed E-state index contributed by atoms with van der Waals surface area (Å²) in [5, 5.41) is 7.53. The van der Waals surface area contributed by atoms with Gasteiger partial charge in [-0.3, -0.25) is 9.69 Å². The second kappa shape index (κ2) is 8.30. The molecular formula is C20H10F6N4OS2. The lowest BCUT2D eigenvalue weighted by Gasteiger charge is -2.23. The van der Waals surface area contributed by atoms with E-state index in [9.17, 15) is 31.1 Å². The van der Waals surface area contributed by atoms with Crippen molar-refractivity contribution in [2.24, 2.45) is 0 Å². The third-order valence-electron chi connectivity index (χ3n) is 4.56. The number of nitrogens with one attached hydrogen (secondary N) is 1. The van der Waals surface area contributed by atoms with E-state index in [0.29, 0.717) is 39.7 Å². The molecule has 2 heterocycles. The molecule has 170 valence electrons. The smallest absolute Gasteiger partial charge is 0.328 e. The molecule has 4 rings (SSSR count). The second-order valence-electron chi connectivity index (χ2n) is 6.67. The highest BCUT2D eigenvalue weighted by molar-refractivity contribution is 8.27. The SMILES string of the molecule is O=C1/C(=C/c2ccc(-c3nnc[nH]3)cc2)SC(=S)N1c1cccc(C(F)(F)F)c1C(F)(F)F. The summed E-state index contributed by atoms with van der Waals surface area (Å²) in [5.41, 5.74) is -3.60. The number of carbonyl (C=O) groups is 1. The Morgan fingerprint density at radius 1 is 1.00 bits per heavy atom. The van der Waals surface area contributed by atoms with Gasteiger partial charge in [-0.2, -0.15) is 26.3 Å². The van der Waals surface area contributed by atoms with Gasteiger partial charge in [0, 0.05) is 5.56 Å². The molecule has 2 aromatic carbocycles. The average Bonchev–Trinajstić information content (AvgIpc) is 3.35. The Morgan fingerprint density at radius 3 is 2.27 bits per heavy atom. The lowest BCUT2D eigenvalue weighted by atomic mass is 10.0. The predicted octanol–water partition coefficient (Wildman–Crippen LogP) is 5.92. The van der Waals surface area contributed by atoms with Crippen LogP contribution in [0.5, 0.6) is 0 Å². The predicted molar refractivity (Wildman–Crippen MR) is 114 cm³/mol. The van der Waals surface area contributed by atoms with Gasteiger partial charge in [0.05, 0.1) is 21.7 Å². The molecule has 0 bridgehead atoms. The van der Waals surface area contributed by atoms with Crippen LogP contribution in [0.3, 0.4) is 0 Å². The quantitative estimate of drug-likeness (QED) is 0.275. The number of nitrogens with zero attached hydrogens (tertiary/aromatic N) is 3. The molecule has 0 aliphatic carbocycles. The maximum Gasteiger partial charge on any atom is 0.419 e. The molecule has 0 radical (unpaired) electrons. The van der Waals surface area contributed by atoms with Gasteiger partial charge < -0.3 is 4.98 Å². The maximum absolute atomic E-state index is 13.6. The molecule has 1 aliphatic rings. The summed E-state index contributed by atoms with van der Waals surface area (Å²) in [7, 11) is 0. The van der Waals surface area contributed by atoms with Crippen molar-refractivity contribution in [3.05, 3.63) is 70.4 Å². The molecule has 3 aromatic rings. The zero-order valence-corrected chi connectivity index (χ0v) is 17.7. The van der Waals surface area contributed by atoms with E-state index in [1.54, 1.807) is 24.3 Å². The van der Waals surface area contributed by atoms with Crippen molar-refractivity contribution in [2.75, 3.05) is 4.90 Å². The third-order valence-corrected chi connectivity index (χ3v) is 5.87. The Hall–Kier alpha value is -3.19. The van der Waals surface area contributed by atoms with Crippen LogP contribution < -0.4 is 4.90 Å². The highest BCUT2D eigenvalue weighted by Gasteiger charge is 2.47. The molecule has 1 aromatic heterocycles. The summed E-state index contributed by atoms with van der Waals surface area (Å²) in [6, 6.07) is 8.54. The van der Waals surface area contributed by atoms with Gasteiger partial charge in [-0.25, -0.2) is 0 Å². The average molecular weight is 500 g/mol. The molecule has 0 saturated carbocycles. The fraction of sp³-hybridized carbons (Fsp3) is 0.100. The number of hydrogen-bond donors (Lipinski definition) is 1. The highest BCUT2D eigenvalue weighted by Crippen LogP contribution is 2.47. The zero-order chi connectivity index (χ0) is 24.0. The number of aromatic nitrogens is 3. The fourth-order valence-corrected chi connectivity index (χ4v) is 4.46. The monoisotopic (exact) mass is 500 g/mol. The lowest BCUT2D eigenvalue weighted by molar-refractivity contribution is -0.161. The Bertz CT molecular complexity index is 1250. The summed E-state index contributed by atoms with van der Waals surface area (Å²) in [4.78, 5) is 16.2. The number of carbonyl (C=O) groups excluding carboxylic acids is 1. The van der Waals surface area contributed by atoms with Gasteiger partial charge in [0.1, 0.15) is 6.33 Å². The maximum atomic E-state index is 13.6. The first kappa shape index (κ1) is 23.0. The van der Waals surface area contributed by atoms with Crippen molar-refractivity contribution in [2.45, 2.75) is 12.4 Å². The van der Waals surface area contributed by atoms with Crippen LogP contribution in [-0.2, 0) is 17.1 Å². The van der Waals surface area contributed by atoms with Crippen LogP contribution in [0.1, 0.15) is 16.7 Å². The Balaban J connectivity index is 1.71. The van der Waals surface area contributed by atoms with E-state index in [2.05, 4.69) is 15.2 Å². The van der Waals surface area contributed by atoms with Crippen LogP contribution in [0.4, 0.5) is 32.0 Å². The summed E-state index contributed by atoms with van der Waals surface area (Å²) >= 11 is 5.74. The standard InChI is InChI=1S/C20H10F6N4OS2/c21-19(22,23)12-2-1-3-13(15(12)20(24,25)26)30-17(31)14(33-18(30)32)8-10-4-6-11(7-5-10)16-27-9-28-29-16/h1-9H,(H,27,28,29)/b14-8-. The van der Waals surface area contributed by atoms with Gasteiger partial charge in [0.15, 0.2) is 10.1 Å². The molecule has 1 N–H and O–H groups in total. The number of halogens is 6. The first-order valence-corrected chi connectivity index (χ1v) is 10.2. The molecule has 1 amide bonds. The lowest BCUT2D eigenvalue weighted by Crippen LogP contribution is -2.31. The normalized spacial score (nSPS) is 16.2. The van der Waals surface area contributed by atoms with E-state index in [4.69, 9.17) is 12.2 Å². The topological polar surface area (TPSA) is 61.9 Å². The molecule has 0 unspecified atom stereocenters. The van der Waals surface area contributed by atoms with Crippen LogP contribution in [0, 0.1) is 0 Å². The number of hydrogen-bond acceptors (Lipinski definition) is 5. The molecule has 0 spiro atoms. The number of thiocarbonyl (C=S) groups is 1. The molecule has 0 atom stereocenters. The zero-order valence-electron chi connectivity index (χ0n) is 16.0. The molecule has 5 nitrogen and oxygen atoms in total. The number of amides is 1. The summed E-state index contributed by atoms with van der Waals surface area (Å²) < 4.78 is 80.4. The van der Waals surface area contributed by atoms with Gasteiger partial charge in [-0.1, -0.05) is 54.3 Å². The Kier molecular flexibility index (Phi) is 5.78. The first-order valence-electron chi connectivity index (χ1n) is 8.98. The minimum atomic E-state index is -5.37. The van der Waals surface area contributed by atoms with E-state index < -0.39 is 35.1 Å². The van der Waals surface area contributed by atoms with Crippen LogP contribution in [-0.4, -0.2) is 25.4 Å². The Labute approximate surface area is 191 Å². The molecule has 33 heavy (non-hydrogen) atoms. The molecular weight excluding hydrogens is 490 g/mol. The molecule has 13 heteroatoms. The van der Waals surface area contributed by atoms with Gasteiger partial charge >= 0.3 is 12.4 Å². The second-order valence-corrected chi connectivity index (χ2v) is 8.35. The third kappa shape index (κ3) is 4.50. The van der Waals surface area contributed by atoms with Crippen molar-refractivity contribution in [1.82, 2.24) is 15.2 Å². The van der Waals surface area contributed by atoms with Crippen molar-refractivity contribution in [1.29, 1.82) is 0 Å².